The Hall–Kier alpha value is -2.81. The zero-order valence-electron chi connectivity index (χ0n) is 10.8. The third-order valence-electron chi connectivity index (χ3n) is 2.79. The number of benzene rings is 1. The van der Waals surface area contributed by atoms with Gasteiger partial charge in [-0.05, 0) is 6.07 Å². The molecule has 0 aliphatic carbocycles. The van der Waals surface area contributed by atoms with Gasteiger partial charge in [0.1, 0.15) is 12.6 Å². The summed E-state index contributed by atoms with van der Waals surface area (Å²) in [6.45, 7) is -0.360. The van der Waals surface area contributed by atoms with E-state index in [0.717, 1.165) is 5.52 Å². The lowest BCUT2D eigenvalue weighted by atomic mass is 10.2. The lowest BCUT2D eigenvalue weighted by Crippen LogP contribution is -2.13. The molecule has 6 heteroatoms. The number of nitriles is 1. The Bertz CT molecular complexity index is 697. The molecule has 6 nitrogen and oxygen atoms in total. The van der Waals surface area contributed by atoms with Crippen LogP contribution in [0.1, 0.15) is 10.4 Å². The normalized spacial score (nSPS) is 10.0. The van der Waals surface area contributed by atoms with Crippen LogP contribution in [0.25, 0.3) is 10.9 Å². The number of rotatable bonds is 4. The lowest BCUT2D eigenvalue weighted by molar-refractivity contribution is -0.142. The first kappa shape index (κ1) is 13.6. The van der Waals surface area contributed by atoms with Crippen LogP contribution >= 0.6 is 0 Å². The fourth-order valence-electron chi connectivity index (χ4n) is 1.95. The molecule has 20 heavy (non-hydrogen) atoms. The van der Waals surface area contributed by atoms with Crippen molar-refractivity contribution in [3.05, 3.63) is 36.0 Å². The fraction of sp³-hybridized carbons (Fsp3) is 0.214. The average molecular weight is 272 g/mol. The number of hydrogen-bond acceptors (Lipinski definition) is 5. The molecule has 0 fully saturated rings. The summed E-state index contributed by atoms with van der Waals surface area (Å²) in [5, 5.41) is 9.07. The molecule has 0 aliphatic heterocycles. The van der Waals surface area contributed by atoms with E-state index in [1.807, 2.05) is 0 Å². The molecule has 0 amide bonds. The van der Waals surface area contributed by atoms with Crippen LogP contribution in [-0.2, 0) is 20.8 Å². The molecule has 0 spiro atoms. The van der Waals surface area contributed by atoms with Gasteiger partial charge in [0.15, 0.2) is 6.61 Å². The highest BCUT2D eigenvalue weighted by atomic mass is 16.5. The van der Waals surface area contributed by atoms with Gasteiger partial charge < -0.3 is 14.0 Å². The first-order chi connectivity index (χ1) is 9.67. The quantitative estimate of drug-likeness (QED) is 0.788. The second-order valence-corrected chi connectivity index (χ2v) is 4.00. The summed E-state index contributed by atoms with van der Waals surface area (Å²) < 4.78 is 11.0. The smallest absolute Gasteiger partial charge is 0.340 e. The number of carbonyl (C=O) groups excluding carboxylic acids is 2. The Morgan fingerprint density at radius 2 is 2.10 bits per heavy atom. The van der Waals surface area contributed by atoms with Crippen LogP contribution in [0.5, 0.6) is 0 Å². The minimum absolute atomic E-state index is 0.0703. The highest BCUT2D eigenvalue weighted by molar-refractivity contribution is 6.04. The predicted molar refractivity (Wildman–Crippen MR) is 69.8 cm³/mol. The number of esters is 2. The maximum absolute atomic E-state index is 11.7. The summed E-state index contributed by atoms with van der Waals surface area (Å²) in [5.74, 6) is -1.01. The number of carbonyl (C=O) groups is 2. The van der Waals surface area contributed by atoms with Gasteiger partial charge in [-0.3, -0.25) is 4.79 Å². The highest BCUT2D eigenvalue weighted by Crippen LogP contribution is 2.22. The Balaban J connectivity index is 2.37. The summed E-state index contributed by atoms with van der Waals surface area (Å²) in [7, 11) is 1.30. The van der Waals surface area contributed by atoms with Crippen LogP contribution in [0, 0.1) is 11.3 Å². The molecule has 0 atom stereocenters. The number of ether oxygens (including phenoxy) is 2. The van der Waals surface area contributed by atoms with Crippen LogP contribution in [0.15, 0.2) is 30.5 Å². The lowest BCUT2D eigenvalue weighted by Gasteiger charge is -2.03. The van der Waals surface area contributed by atoms with E-state index in [9.17, 15) is 9.59 Å². The number of nitrogens with zero attached hydrogens (tertiary/aromatic N) is 2. The second kappa shape index (κ2) is 5.89. The fourth-order valence-corrected chi connectivity index (χ4v) is 1.95. The van der Waals surface area contributed by atoms with Gasteiger partial charge in [0.25, 0.3) is 0 Å². The largest absolute Gasteiger partial charge is 0.465 e. The monoisotopic (exact) mass is 272 g/mol. The maximum Gasteiger partial charge on any atom is 0.340 e. The summed E-state index contributed by atoms with van der Waals surface area (Å²) in [6, 6.07) is 8.90. The van der Waals surface area contributed by atoms with Gasteiger partial charge in [0.05, 0.1) is 12.7 Å². The minimum Gasteiger partial charge on any atom is -0.465 e. The van der Waals surface area contributed by atoms with Gasteiger partial charge in [-0.2, -0.15) is 5.26 Å². The van der Waals surface area contributed by atoms with E-state index in [0.29, 0.717) is 10.9 Å². The summed E-state index contributed by atoms with van der Waals surface area (Å²) >= 11 is 0. The molecule has 1 aromatic heterocycles. The van der Waals surface area contributed by atoms with Crippen LogP contribution in [0.4, 0.5) is 0 Å². The number of para-hydroxylation sites is 1. The van der Waals surface area contributed by atoms with Crippen LogP contribution in [0.2, 0.25) is 0 Å². The Morgan fingerprint density at radius 1 is 1.35 bits per heavy atom. The molecule has 1 aromatic carbocycles. The van der Waals surface area contributed by atoms with E-state index in [-0.39, 0.29) is 13.2 Å². The van der Waals surface area contributed by atoms with Crippen molar-refractivity contribution >= 4 is 22.8 Å². The van der Waals surface area contributed by atoms with Gasteiger partial charge in [-0.15, -0.1) is 0 Å². The average Bonchev–Trinajstić information content (AvgIpc) is 2.83. The molecule has 2 aromatic rings. The topological polar surface area (TPSA) is 81.3 Å². The van der Waals surface area contributed by atoms with Crippen molar-refractivity contribution in [1.29, 1.82) is 5.26 Å². The van der Waals surface area contributed by atoms with Crippen molar-refractivity contribution in [2.45, 2.75) is 6.54 Å². The molecule has 102 valence electrons. The van der Waals surface area contributed by atoms with E-state index in [1.54, 1.807) is 41.1 Å². The number of hydrogen-bond donors (Lipinski definition) is 0. The Labute approximate surface area is 115 Å². The molecule has 0 saturated carbocycles. The zero-order valence-corrected chi connectivity index (χ0v) is 10.8. The van der Waals surface area contributed by atoms with E-state index >= 15 is 0 Å². The van der Waals surface area contributed by atoms with Crippen molar-refractivity contribution < 1.29 is 19.1 Å². The molecule has 1 heterocycles. The predicted octanol–water partition coefficient (Wildman–Crippen LogP) is 1.49. The number of fused-ring (bicyclic) bond motifs is 1. The van der Waals surface area contributed by atoms with Crippen molar-refractivity contribution in [3.8, 4) is 6.07 Å². The van der Waals surface area contributed by atoms with Gasteiger partial charge in [0, 0.05) is 17.1 Å². The third kappa shape index (κ3) is 2.62. The molecule has 0 saturated heterocycles. The minimum atomic E-state index is -0.538. The molecular weight excluding hydrogens is 260 g/mol. The Morgan fingerprint density at radius 3 is 2.80 bits per heavy atom. The van der Waals surface area contributed by atoms with Crippen molar-refractivity contribution in [3.63, 3.8) is 0 Å². The van der Waals surface area contributed by atoms with E-state index in [2.05, 4.69) is 0 Å². The maximum atomic E-state index is 11.7. The molecular formula is C14H12N2O4. The third-order valence-corrected chi connectivity index (χ3v) is 2.79. The number of methoxy groups -OCH3 is 1. The van der Waals surface area contributed by atoms with Crippen molar-refractivity contribution in [2.75, 3.05) is 13.7 Å². The molecule has 0 unspecified atom stereocenters. The van der Waals surface area contributed by atoms with Gasteiger partial charge in [0.2, 0.25) is 0 Å². The Kier molecular flexibility index (Phi) is 4.01. The molecule has 2 rings (SSSR count). The zero-order chi connectivity index (χ0) is 14.5. The molecule has 0 radical (unpaired) electrons. The number of aromatic nitrogens is 1. The summed E-state index contributed by atoms with van der Waals surface area (Å²) in [4.78, 5) is 23.3. The van der Waals surface area contributed by atoms with Gasteiger partial charge in [-0.1, -0.05) is 18.2 Å². The van der Waals surface area contributed by atoms with Gasteiger partial charge >= 0.3 is 11.9 Å². The standard InChI is InChI=1S/C14H12N2O4/c1-19-14(18)11-8-16(9-13(17)20-7-6-15)12-5-3-2-4-10(11)12/h2-5,8H,7,9H2,1H3. The van der Waals surface area contributed by atoms with Gasteiger partial charge in [-0.25, -0.2) is 4.79 Å². The van der Waals surface area contributed by atoms with E-state index in [1.165, 1.54) is 7.11 Å². The first-order valence-corrected chi connectivity index (χ1v) is 5.86. The highest BCUT2D eigenvalue weighted by Gasteiger charge is 2.16. The molecule has 0 N–H and O–H groups in total. The summed E-state index contributed by atoms with van der Waals surface area (Å²) in [6.07, 6.45) is 1.55. The van der Waals surface area contributed by atoms with E-state index in [4.69, 9.17) is 14.7 Å². The van der Waals surface area contributed by atoms with Crippen molar-refractivity contribution in [2.24, 2.45) is 0 Å². The van der Waals surface area contributed by atoms with Crippen LogP contribution < -0.4 is 0 Å². The van der Waals surface area contributed by atoms with Crippen molar-refractivity contribution in [1.82, 2.24) is 4.57 Å². The molecule has 0 aliphatic rings. The molecule has 0 bridgehead atoms. The van der Waals surface area contributed by atoms with Crippen LogP contribution in [-0.4, -0.2) is 30.2 Å². The second-order valence-electron chi connectivity index (χ2n) is 4.00. The van der Waals surface area contributed by atoms with Crippen LogP contribution in [0.3, 0.4) is 0 Å². The SMILES string of the molecule is COC(=O)c1cn(CC(=O)OCC#N)c2ccccc12. The van der Waals surface area contributed by atoms with E-state index < -0.39 is 11.9 Å². The summed E-state index contributed by atoms with van der Waals surface area (Å²) in [5.41, 5.74) is 1.11. The first-order valence-electron chi connectivity index (χ1n) is 5.86.